The second-order valence-corrected chi connectivity index (χ2v) is 5.57. The number of nitrogens with one attached hydrogen (secondary N) is 1. The molecule has 0 aromatic heterocycles. The lowest BCUT2D eigenvalue weighted by Crippen LogP contribution is -2.45. The van der Waals surface area contributed by atoms with Gasteiger partial charge < -0.3 is 10.1 Å². The maximum atomic E-state index is 5.65. The first-order chi connectivity index (χ1) is 9.38. The van der Waals surface area contributed by atoms with Crippen molar-refractivity contribution >= 4 is 0 Å². The zero-order valence-corrected chi connectivity index (χ0v) is 11.8. The Balaban J connectivity index is 1.80. The molecule has 2 fully saturated rings. The Hall–Kier alpha value is -1.06. The molecule has 19 heavy (non-hydrogen) atoms. The minimum atomic E-state index is 0.600. The standard InChI is InChI=1S/C16H24N2O/c1-2-19-15-5-3-4-14(12-15)16(13-6-7-13)18-10-8-17-9-11-18/h3-5,12-13,16-17H,2,6-11H2,1H3/t16-/m0/s1. The molecular formula is C16H24N2O. The van der Waals surface area contributed by atoms with E-state index in [9.17, 15) is 0 Å². The van der Waals surface area contributed by atoms with Crippen molar-refractivity contribution in [1.82, 2.24) is 10.2 Å². The van der Waals surface area contributed by atoms with Crippen molar-refractivity contribution in [3.63, 3.8) is 0 Å². The topological polar surface area (TPSA) is 24.5 Å². The summed E-state index contributed by atoms with van der Waals surface area (Å²) in [4.78, 5) is 2.65. The summed E-state index contributed by atoms with van der Waals surface area (Å²) in [6.45, 7) is 7.36. The summed E-state index contributed by atoms with van der Waals surface area (Å²) >= 11 is 0. The summed E-state index contributed by atoms with van der Waals surface area (Å²) in [5.41, 5.74) is 1.44. The molecule has 1 saturated carbocycles. The van der Waals surface area contributed by atoms with Crippen LogP contribution >= 0.6 is 0 Å². The smallest absolute Gasteiger partial charge is 0.119 e. The highest BCUT2D eigenvalue weighted by Gasteiger charge is 2.36. The Kier molecular flexibility index (Phi) is 4.04. The number of nitrogens with zero attached hydrogens (tertiary/aromatic N) is 1. The van der Waals surface area contributed by atoms with Crippen molar-refractivity contribution < 1.29 is 4.74 Å². The van der Waals surface area contributed by atoms with Crippen molar-refractivity contribution in [2.45, 2.75) is 25.8 Å². The Bertz CT molecular complexity index is 411. The second kappa shape index (κ2) is 5.93. The molecule has 104 valence electrons. The lowest BCUT2D eigenvalue weighted by molar-refractivity contribution is 0.156. The molecule has 1 aliphatic carbocycles. The van der Waals surface area contributed by atoms with Crippen molar-refractivity contribution in [2.24, 2.45) is 5.92 Å². The first-order valence-corrected chi connectivity index (χ1v) is 7.56. The van der Waals surface area contributed by atoms with Gasteiger partial charge in [0.05, 0.1) is 6.61 Å². The fraction of sp³-hybridized carbons (Fsp3) is 0.625. The molecule has 0 bridgehead atoms. The summed E-state index contributed by atoms with van der Waals surface area (Å²) < 4.78 is 5.65. The molecule has 1 atom stereocenters. The minimum Gasteiger partial charge on any atom is -0.494 e. The fourth-order valence-corrected chi connectivity index (χ4v) is 3.11. The molecule has 3 rings (SSSR count). The normalized spacial score (nSPS) is 22.2. The summed E-state index contributed by atoms with van der Waals surface area (Å²) in [5.74, 6) is 1.87. The van der Waals surface area contributed by atoms with Crippen LogP contribution in [0.2, 0.25) is 0 Å². The fourth-order valence-electron chi connectivity index (χ4n) is 3.11. The molecule has 2 aliphatic rings. The molecule has 0 radical (unpaired) electrons. The van der Waals surface area contributed by atoms with E-state index < -0.39 is 0 Å². The third kappa shape index (κ3) is 3.10. The summed E-state index contributed by atoms with van der Waals surface area (Å²) in [5, 5.41) is 3.45. The van der Waals surface area contributed by atoms with Gasteiger partial charge in [-0.05, 0) is 43.4 Å². The molecule has 1 aromatic carbocycles. The molecule has 3 nitrogen and oxygen atoms in total. The van der Waals surface area contributed by atoms with Gasteiger partial charge in [-0.25, -0.2) is 0 Å². The number of benzene rings is 1. The highest BCUT2D eigenvalue weighted by atomic mass is 16.5. The van der Waals surface area contributed by atoms with Crippen LogP contribution in [0.3, 0.4) is 0 Å². The van der Waals surface area contributed by atoms with E-state index >= 15 is 0 Å². The van der Waals surface area contributed by atoms with Crippen LogP contribution in [0.25, 0.3) is 0 Å². The maximum Gasteiger partial charge on any atom is 0.119 e. The van der Waals surface area contributed by atoms with Gasteiger partial charge in [-0.1, -0.05) is 12.1 Å². The van der Waals surface area contributed by atoms with Crippen LogP contribution in [0.4, 0.5) is 0 Å². The highest BCUT2D eigenvalue weighted by Crippen LogP contribution is 2.45. The Morgan fingerprint density at radius 3 is 2.79 bits per heavy atom. The van der Waals surface area contributed by atoms with Gasteiger partial charge in [-0.2, -0.15) is 0 Å². The molecule has 1 aromatic rings. The molecule has 0 spiro atoms. The molecule has 0 unspecified atom stereocenters. The van der Waals surface area contributed by atoms with Gasteiger partial charge in [0.25, 0.3) is 0 Å². The molecule has 1 N–H and O–H groups in total. The van der Waals surface area contributed by atoms with E-state index in [4.69, 9.17) is 4.74 Å². The van der Waals surface area contributed by atoms with Gasteiger partial charge in [0.15, 0.2) is 0 Å². The molecule has 3 heteroatoms. The zero-order valence-electron chi connectivity index (χ0n) is 11.8. The SMILES string of the molecule is CCOc1cccc([C@H](C2CC2)N2CCNCC2)c1. The summed E-state index contributed by atoms with van der Waals surface area (Å²) in [7, 11) is 0. The van der Waals surface area contributed by atoms with E-state index in [2.05, 4.69) is 34.5 Å². The van der Waals surface area contributed by atoms with E-state index in [-0.39, 0.29) is 0 Å². The van der Waals surface area contributed by atoms with Crippen molar-refractivity contribution in [1.29, 1.82) is 0 Å². The van der Waals surface area contributed by atoms with Crippen molar-refractivity contribution in [3.05, 3.63) is 29.8 Å². The largest absolute Gasteiger partial charge is 0.494 e. The van der Waals surface area contributed by atoms with Crippen LogP contribution in [-0.2, 0) is 0 Å². The quantitative estimate of drug-likeness (QED) is 0.880. The monoisotopic (exact) mass is 260 g/mol. The van der Waals surface area contributed by atoms with Crippen LogP contribution in [0, 0.1) is 5.92 Å². The first-order valence-electron chi connectivity index (χ1n) is 7.56. The van der Waals surface area contributed by atoms with E-state index in [1.54, 1.807) is 0 Å². The summed E-state index contributed by atoms with van der Waals surface area (Å²) in [6, 6.07) is 9.32. The zero-order chi connectivity index (χ0) is 13.1. The van der Waals surface area contributed by atoms with E-state index in [0.29, 0.717) is 6.04 Å². The first kappa shape index (κ1) is 12.9. The Labute approximate surface area is 115 Å². The second-order valence-electron chi connectivity index (χ2n) is 5.57. The molecule has 1 heterocycles. The lowest BCUT2D eigenvalue weighted by Gasteiger charge is -2.35. The number of ether oxygens (including phenoxy) is 1. The third-order valence-corrected chi connectivity index (χ3v) is 4.12. The van der Waals surface area contributed by atoms with E-state index in [1.807, 2.05) is 6.92 Å². The number of hydrogen-bond acceptors (Lipinski definition) is 3. The average molecular weight is 260 g/mol. The predicted octanol–water partition coefficient (Wildman–Crippen LogP) is 2.44. The van der Waals surface area contributed by atoms with Crippen molar-refractivity contribution in [3.8, 4) is 5.75 Å². The van der Waals surface area contributed by atoms with Gasteiger partial charge in [0, 0.05) is 32.2 Å². The Morgan fingerprint density at radius 1 is 1.32 bits per heavy atom. The van der Waals surface area contributed by atoms with Gasteiger partial charge >= 0.3 is 0 Å². The highest BCUT2D eigenvalue weighted by molar-refractivity contribution is 5.31. The van der Waals surface area contributed by atoms with Crippen molar-refractivity contribution in [2.75, 3.05) is 32.8 Å². The van der Waals surface area contributed by atoms with Crippen LogP contribution in [0.15, 0.2) is 24.3 Å². The number of rotatable bonds is 5. The molecule has 1 aliphatic heterocycles. The van der Waals surface area contributed by atoms with Gasteiger partial charge in [0.2, 0.25) is 0 Å². The van der Waals surface area contributed by atoms with Crippen LogP contribution in [-0.4, -0.2) is 37.7 Å². The molecule has 1 saturated heterocycles. The molecule has 0 amide bonds. The number of hydrogen-bond donors (Lipinski definition) is 1. The van der Waals surface area contributed by atoms with E-state index in [0.717, 1.165) is 31.4 Å². The van der Waals surface area contributed by atoms with Crippen LogP contribution in [0.1, 0.15) is 31.4 Å². The van der Waals surface area contributed by atoms with Crippen LogP contribution < -0.4 is 10.1 Å². The maximum absolute atomic E-state index is 5.65. The van der Waals surface area contributed by atoms with Gasteiger partial charge in [-0.15, -0.1) is 0 Å². The predicted molar refractivity (Wildman–Crippen MR) is 77.5 cm³/mol. The third-order valence-electron chi connectivity index (χ3n) is 4.12. The molecular weight excluding hydrogens is 236 g/mol. The van der Waals surface area contributed by atoms with Crippen LogP contribution in [0.5, 0.6) is 5.75 Å². The minimum absolute atomic E-state index is 0.600. The summed E-state index contributed by atoms with van der Waals surface area (Å²) in [6.07, 6.45) is 2.76. The Morgan fingerprint density at radius 2 is 2.11 bits per heavy atom. The average Bonchev–Trinajstić information content (AvgIpc) is 3.26. The van der Waals surface area contributed by atoms with Gasteiger partial charge in [-0.3, -0.25) is 4.90 Å². The lowest BCUT2D eigenvalue weighted by atomic mass is 9.99. The van der Waals surface area contributed by atoms with Gasteiger partial charge in [0.1, 0.15) is 5.75 Å². The number of piperazine rings is 1. The van der Waals surface area contributed by atoms with E-state index in [1.165, 1.54) is 31.5 Å².